The first-order chi connectivity index (χ1) is 9.15. The van der Waals surface area contributed by atoms with Crippen molar-refractivity contribution in [2.75, 3.05) is 14.2 Å². The summed E-state index contributed by atoms with van der Waals surface area (Å²) in [4.78, 5) is 0. The van der Waals surface area contributed by atoms with E-state index in [1.807, 2.05) is 30.9 Å². The van der Waals surface area contributed by atoms with E-state index in [0.717, 1.165) is 17.9 Å². The standard InChI is InChI=1S/C14H18ClN3O/c1-16-13(14-12(15)9-17-18(14)2)8-10-4-6-11(19-3)7-5-10/h4-7,9,13,16H,8H2,1-3H3. The van der Waals surface area contributed by atoms with Gasteiger partial charge < -0.3 is 10.1 Å². The monoisotopic (exact) mass is 279 g/mol. The summed E-state index contributed by atoms with van der Waals surface area (Å²) in [5, 5.41) is 8.16. The van der Waals surface area contributed by atoms with Gasteiger partial charge in [0.2, 0.25) is 0 Å². The van der Waals surface area contributed by atoms with Gasteiger partial charge in [-0.2, -0.15) is 5.10 Å². The Morgan fingerprint density at radius 3 is 2.53 bits per heavy atom. The maximum absolute atomic E-state index is 6.19. The van der Waals surface area contributed by atoms with E-state index in [9.17, 15) is 0 Å². The van der Waals surface area contributed by atoms with Crippen LogP contribution in [0.5, 0.6) is 5.75 Å². The van der Waals surface area contributed by atoms with Crippen molar-refractivity contribution in [2.24, 2.45) is 7.05 Å². The molecule has 1 aromatic heterocycles. The van der Waals surface area contributed by atoms with Gasteiger partial charge in [0.05, 0.1) is 30.1 Å². The van der Waals surface area contributed by atoms with Gasteiger partial charge in [-0.3, -0.25) is 4.68 Å². The van der Waals surface area contributed by atoms with E-state index in [2.05, 4.69) is 22.5 Å². The number of hydrogen-bond donors (Lipinski definition) is 1. The van der Waals surface area contributed by atoms with Crippen LogP contribution in [0.2, 0.25) is 5.02 Å². The maximum atomic E-state index is 6.19. The Balaban J connectivity index is 2.19. The Bertz CT molecular complexity index is 517. The number of hydrogen-bond acceptors (Lipinski definition) is 3. The van der Waals surface area contributed by atoms with Crippen LogP contribution in [0.25, 0.3) is 0 Å². The zero-order chi connectivity index (χ0) is 13.8. The van der Waals surface area contributed by atoms with Crippen LogP contribution in [0, 0.1) is 0 Å². The average molecular weight is 280 g/mol. The molecule has 1 N–H and O–H groups in total. The zero-order valence-electron chi connectivity index (χ0n) is 11.4. The summed E-state index contributed by atoms with van der Waals surface area (Å²) in [6.45, 7) is 0. The van der Waals surface area contributed by atoms with E-state index in [0.29, 0.717) is 5.02 Å². The minimum atomic E-state index is 0.133. The Morgan fingerprint density at radius 1 is 1.37 bits per heavy atom. The first-order valence-corrected chi connectivity index (χ1v) is 6.51. The number of methoxy groups -OCH3 is 1. The number of aromatic nitrogens is 2. The van der Waals surface area contributed by atoms with Crippen LogP contribution in [0.1, 0.15) is 17.3 Å². The number of halogens is 1. The third kappa shape index (κ3) is 3.08. The SMILES string of the molecule is CNC(Cc1ccc(OC)cc1)c1c(Cl)cnn1C. The molecular weight excluding hydrogens is 262 g/mol. The van der Waals surface area contributed by atoms with E-state index in [-0.39, 0.29) is 6.04 Å². The summed E-state index contributed by atoms with van der Waals surface area (Å²) >= 11 is 6.19. The van der Waals surface area contributed by atoms with Crippen LogP contribution in [-0.4, -0.2) is 23.9 Å². The number of ether oxygens (including phenoxy) is 1. The summed E-state index contributed by atoms with van der Waals surface area (Å²) in [6.07, 6.45) is 2.52. The fourth-order valence-electron chi connectivity index (χ4n) is 2.14. The molecular formula is C14H18ClN3O. The summed E-state index contributed by atoms with van der Waals surface area (Å²) < 4.78 is 6.97. The van der Waals surface area contributed by atoms with Crippen LogP contribution >= 0.6 is 11.6 Å². The number of benzene rings is 1. The normalized spacial score (nSPS) is 12.4. The van der Waals surface area contributed by atoms with Crippen molar-refractivity contribution in [3.8, 4) is 5.75 Å². The van der Waals surface area contributed by atoms with E-state index >= 15 is 0 Å². The van der Waals surface area contributed by atoms with Crippen molar-refractivity contribution in [3.63, 3.8) is 0 Å². The van der Waals surface area contributed by atoms with Crippen LogP contribution in [-0.2, 0) is 13.5 Å². The van der Waals surface area contributed by atoms with Crippen molar-refractivity contribution < 1.29 is 4.74 Å². The lowest BCUT2D eigenvalue weighted by atomic mass is 10.0. The average Bonchev–Trinajstić information content (AvgIpc) is 2.76. The van der Waals surface area contributed by atoms with E-state index in [4.69, 9.17) is 16.3 Å². The molecule has 1 heterocycles. The molecule has 5 heteroatoms. The Morgan fingerprint density at radius 2 is 2.05 bits per heavy atom. The molecule has 1 aromatic carbocycles. The highest BCUT2D eigenvalue weighted by Crippen LogP contribution is 2.25. The Hall–Kier alpha value is -1.52. The number of likely N-dealkylation sites (N-methyl/N-ethyl adjacent to an activating group) is 1. The number of aryl methyl sites for hydroxylation is 1. The highest BCUT2D eigenvalue weighted by molar-refractivity contribution is 6.31. The highest BCUT2D eigenvalue weighted by atomic mass is 35.5. The molecule has 4 nitrogen and oxygen atoms in total. The number of rotatable bonds is 5. The molecule has 0 aliphatic heterocycles. The molecule has 0 radical (unpaired) electrons. The van der Waals surface area contributed by atoms with Gasteiger partial charge >= 0.3 is 0 Å². The molecule has 0 fully saturated rings. The molecule has 0 aliphatic rings. The minimum absolute atomic E-state index is 0.133. The van der Waals surface area contributed by atoms with Gasteiger partial charge in [-0.1, -0.05) is 23.7 Å². The summed E-state index contributed by atoms with van der Waals surface area (Å²) in [7, 11) is 5.50. The van der Waals surface area contributed by atoms with Crippen LogP contribution < -0.4 is 10.1 Å². The first kappa shape index (κ1) is 13.9. The van der Waals surface area contributed by atoms with Crippen LogP contribution in [0.4, 0.5) is 0 Å². The summed E-state index contributed by atoms with van der Waals surface area (Å²) in [6, 6.07) is 8.19. The topological polar surface area (TPSA) is 39.1 Å². The Kier molecular flexibility index (Phi) is 4.45. The van der Waals surface area contributed by atoms with Gasteiger partial charge in [0, 0.05) is 7.05 Å². The van der Waals surface area contributed by atoms with Crippen molar-refractivity contribution in [1.82, 2.24) is 15.1 Å². The maximum Gasteiger partial charge on any atom is 0.118 e. The van der Waals surface area contributed by atoms with Gasteiger partial charge in [0.15, 0.2) is 0 Å². The molecule has 0 aliphatic carbocycles. The lowest BCUT2D eigenvalue weighted by molar-refractivity contribution is 0.414. The summed E-state index contributed by atoms with van der Waals surface area (Å²) in [5.74, 6) is 0.864. The second-order valence-electron chi connectivity index (χ2n) is 4.39. The van der Waals surface area contributed by atoms with Crippen molar-refractivity contribution in [2.45, 2.75) is 12.5 Å². The first-order valence-electron chi connectivity index (χ1n) is 6.13. The largest absolute Gasteiger partial charge is 0.497 e. The molecule has 0 spiro atoms. The van der Waals surface area contributed by atoms with E-state index in [1.54, 1.807) is 13.3 Å². The van der Waals surface area contributed by atoms with E-state index in [1.165, 1.54) is 5.56 Å². The second-order valence-corrected chi connectivity index (χ2v) is 4.80. The van der Waals surface area contributed by atoms with Gasteiger partial charge in [-0.15, -0.1) is 0 Å². The van der Waals surface area contributed by atoms with Crippen LogP contribution in [0.3, 0.4) is 0 Å². The number of nitrogens with one attached hydrogen (secondary N) is 1. The molecule has 1 unspecified atom stereocenters. The van der Waals surface area contributed by atoms with Gasteiger partial charge in [0.1, 0.15) is 5.75 Å². The molecule has 2 rings (SSSR count). The Labute approximate surface area is 118 Å². The van der Waals surface area contributed by atoms with Gasteiger partial charge in [-0.05, 0) is 31.2 Å². The lowest BCUT2D eigenvalue weighted by Crippen LogP contribution is -2.22. The predicted octanol–water partition coefficient (Wildman–Crippen LogP) is 2.59. The van der Waals surface area contributed by atoms with Crippen molar-refractivity contribution in [1.29, 1.82) is 0 Å². The van der Waals surface area contributed by atoms with E-state index < -0.39 is 0 Å². The second kappa shape index (κ2) is 6.08. The third-order valence-electron chi connectivity index (χ3n) is 3.22. The van der Waals surface area contributed by atoms with Gasteiger partial charge in [0.25, 0.3) is 0 Å². The molecule has 0 amide bonds. The predicted molar refractivity (Wildman–Crippen MR) is 76.7 cm³/mol. The smallest absolute Gasteiger partial charge is 0.118 e. The third-order valence-corrected chi connectivity index (χ3v) is 3.51. The van der Waals surface area contributed by atoms with Crippen molar-refractivity contribution in [3.05, 3.63) is 46.7 Å². The lowest BCUT2D eigenvalue weighted by Gasteiger charge is -2.17. The fourth-order valence-corrected chi connectivity index (χ4v) is 2.44. The molecule has 2 aromatic rings. The summed E-state index contributed by atoms with van der Waals surface area (Å²) in [5.41, 5.74) is 2.22. The fraction of sp³-hybridized carbons (Fsp3) is 0.357. The quantitative estimate of drug-likeness (QED) is 0.914. The number of nitrogens with zero attached hydrogens (tertiary/aromatic N) is 2. The van der Waals surface area contributed by atoms with Crippen molar-refractivity contribution >= 4 is 11.6 Å². The molecule has 0 bridgehead atoms. The molecule has 0 saturated heterocycles. The minimum Gasteiger partial charge on any atom is -0.497 e. The molecule has 102 valence electrons. The molecule has 1 atom stereocenters. The van der Waals surface area contributed by atoms with Gasteiger partial charge in [-0.25, -0.2) is 0 Å². The molecule has 0 saturated carbocycles. The highest BCUT2D eigenvalue weighted by Gasteiger charge is 2.17. The van der Waals surface area contributed by atoms with Crippen LogP contribution in [0.15, 0.2) is 30.5 Å². The zero-order valence-corrected chi connectivity index (χ0v) is 12.1. The molecule has 19 heavy (non-hydrogen) atoms.